The molecule has 0 amide bonds. The number of aromatic amines is 1. The van der Waals surface area contributed by atoms with E-state index in [2.05, 4.69) is 25.3 Å². The van der Waals surface area contributed by atoms with Crippen molar-refractivity contribution in [3.8, 4) is 11.4 Å². The van der Waals surface area contributed by atoms with Crippen LogP contribution < -0.4 is 5.56 Å². The molecule has 3 aromatic heterocycles. The summed E-state index contributed by atoms with van der Waals surface area (Å²) in [5, 5.41) is 12.9. The van der Waals surface area contributed by atoms with Crippen LogP contribution in [0.3, 0.4) is 0 Å². The molecule has 10 heteroatoms. The van der Waals surface area contributed by atoms with Gasteiger partial charge in [0.05, 0.1) is 11.3 Å². The lowest BCUT2D eigenvalue weighted by atomic mass is 9.90. The summed E-state index contributed by atoms with van der Waals surface area (Å²) in [6.07, 6.45) is 5.98. The number of benzene rings is 1. The third-order valence-electron chi connectivity index (χ3n) is 5.21. The largest absolute Gasteiger partial charge is 0.275 e. The normalized spacial score (nSPS) is 15.1. The highest BCUT2D eigenvalue weighted by Crippen LogP contribution is 2.34. The molecule has 1 N–H and O–H groups in total. The van der Waals surface area contributed by atoms with Gasteiger partial charge in [-0.2, -0.15) is 9.61 Å². The van der Waals surface area contributed by atoms with Gasteiger partial charge in [-0.15, -0.1) is 5.10 Å². The highest BCUT2D eigenvalue weighted by atomic mass is 32.2. The van der Waals surface area contributed by atoms with Crippen LogP contribution in [-0.2, 0) is 5.75 Å². The fourth-order valence-electron chi connectivity index (χ4n) is 3.68. The number of H-pyrrole nitrogens is 1. The van der Waals surface area contributed by atoms with Crippen molar-refractivity contribution in [1.82, 2.24) is 29.8 Å². The zero-order valence-electron chi connectivity index (χ0n) is 16.0. The molecule has 0 bridgehead atoms. The molecule has 0 aliphatic heterocycles. The second-order valence-electron chi connectivity index (χ2n) is 7.29. The van der Waals surface area contributed by atoms with E-state index in [0.717, 1.165) is 17.8 Å². The quantitative estimate of drug-likeness (QED) is 0.461. The van der Waals surface area contributed by atoms with Crippen LogP contribution in [0.1, 0.15) is 48.7 Å². The Morgan fingerprint density at radius 2 is 2.03 bits per heavy atom. The van der Waals surface area contributed by atoms with Crippen molar-refractivity contribution in [3.63, 3.8) is 0 Å². The monoisotopic (exact) mass is 442 g/mol. The van der Waals surface area contributed by atoms with Crippen LogP contribution in [0, 0.1) is 5.82 Å². The topological polar surface area (TPSA) is 88.8 Å². The molecule has 30 heavy (non-hydrogen) atoms. The summed E-state index contributed by atoms with van der Waals surface area (Å²) in [7, 11) is 0. The summed E-state index contributed by atoms with van der Waals surface area (Å²) in [5.74, 6) is 0.896. The molecule has 0 spiro atoms. The van der Waals surface area contributed by atoms with Gasteiger partial charge in [0.25, 0.3) is 5.56 Å². The Balaban J connectivity index is 1.33. The van der Waals surface area contributed by atoms with E-state index in [1.165, 1.54) is 59.0 Å². The molecule has 0 unspecified atom stereocenters. The lowest BCUT2D eigenvalue weighted by molar-refractivity contribution is 0.439. The number of fused-ring (bicyclic) bond motifs is 1. The zero-order chi connectivity index (χ0) is 20.5. The maximum atomic E-state index is 13.9. The first kappa shape index (κ1) is 19.4. The molecular formula is C20H19FN6OS2. The summed E-state index contributed by atoms with van der Waals surface area (Å²) in [6, 6.07) is 7.92. The van der Waals surface area contributed by atoms with E-state index in [1.54, 1.807) is 18.2 Å². The van der Waals surface area contributed by atoms with Gasteiger partial charge in [-0.1, -0.05) is 54.5 Å². The van der Waals surface area contributed by atoms with Gasteiger partial charge in [0.1, 0.15) is 10.8 Å². The first-order valence-corrected chi connectivity index (χ1v) is 11.7. The Hall–Kier alpha value is -2.59. The standard InChI is InChI=1S/C20H19FN6OS2/c21-15-9-5-4-8-14(15)17-23-19(25-24-17)29-11-13-10-16(28)27-20(22-13)30-18(26-27)12-6-2-1-3-7-12/h4-5,8-10,12H,1-3,6-7,11H2,(H,23,24,25). The third kappa shape index (κ3) is 3.89. The first-order valence-electron chi connectivity index (χ1n) is 9.87. The second-order valence-corrected chi connectivity index (χ2v) is 9.22. The van der Waals surface area contributed by atoms with Crippen molar-refractivity contribution in [2.45, 2.75) is 48.9 Å². The maximum Gasteiger partial charge on any atom is 0.275 e. The summed E-state index contributed by atoms with van der Waals surface area (Å²) in [6.45, 7) is 0. The summed E-state index contributed by atoms with van der Waals surface area (Å²) in [4.78, 5) is 22.1. The molecule has 154 valence electrons. The molecule has 0 radical (unpaired) electrons. The average Bonchev–Trinajstić information content (AvgIpc) is 3.41. The SMILES string of the molecule is O=c1cc(CSc2n[nH]c(-c3ccccc3F)n2)nc2sc(C3CCCCC3)nn12. The predicted octanol–water partition coefficient (Wildman–Crippen LogP) is 4.42. The van der Waals surface area contributed by atoms with Gasteiger partial charge in [0, 0.05) is 17.7 Å². The molecule has 4 aromatic rings. The van der Waals surface area contributed by atoms with Crippen molar-refractivity contribution in [1.29, 1.82) is 0 Å². The van der Waals surface area contributed by atoms with Gasteiger partial charge in [0.15, 0.2) is 5.82 Å². The minimum Gasteiger partial charge on any atom is -0.267 e. The number of halogens is 1. The molecule has 1 aliphatic rings. The lowest BCUT2D eigenvalue weighted by Crippen LogP contribution is -2.15. The Labute approximate surface area is 179 Å². The summed E-state index contributed by atoms with van der Waals surface area (Å²) < 4.78 is 15.3. The summed E-state index contributed by atoms with van der Waals surface area (Å²) >= 11 is 2.85. The van der Waals surface area contributed by atoms with Gasteiger partial charge in [-0.25, -0.2) is 14.4 Å². The number of nitrogens with zero attached hydrogens (tertiary/aromatic N) is 5. The molecule has 0 atom stereocenters. The Morgan fingerprint density at radius 3 is 2.87 bits per heavy atom. The van der Waals surface area contributed by atoms with E-state index in [9.17, 15) is 9.18 Å². The number of rotatable bonds is 5. The number of hydrogen-bond acceptors (Lipinski definition) is 7. The van der Waals surface area contributed by atoms with Gasteiger partial charge in [-0.3, -0.25) is 9.89 Å². The third-order valence-corrected chi connectivity index (χ3v) is 7.16. The van der Waals surface area contributed by atoms with E-state index in [4.69, 9.17) is 0 Å². The lowest BCUT2D eigenvalue weighted by Gasteiger charge is -2.18. The van der Waals surface area contributed by atoms with Gasteiger partial charge in [0.2, 0.25) is 10.1 Å². The molecule has 7 nitrogen and oxygen atoms in total. The van der Waals surface area contributed by atoms with Crippen LogP contribution in [0.15, 0.2) is 40.3 Å². The van der Waals surface area contributed by atoms with Crippen LogP contribution in [0.4, 0.5) is 4.39 Å². The number of aromatic nitrogens is 6. The van der Waals surface area contributed by atoms with E-state index >= 15 is 0 Å². The molecule has 1 aliphatic carbocycles. The van der Waals surface area contributed by atoms with Crippen molar-refractivity contribution in [3.05, 3.63) is 57.2 Å². The molecule has 3 heterocycles. The first-order chi connectivity index (χ1) is 14.7. The van der Waals surface area contributed by atoms with Crippen LogP contribution >= 0.6 is 23.1 Å². The van der Waals surface area contributed by atoms with Crippen LogP contribution in [0.5, 0.6) is 0 Å². The smallest absolute Gasteiger partial charge is 0.267 e. The van der Waals surface area contributed by atoms with Crippen molar-refractivity contribution < 1.29 is 4.39 Å². The number of thioether (sulfide) groups is 1. The average molecular weight is 443 g/mol. The summed E-state index contributed by atoms with van der Waals surface area (Å²) in [5.41, 5.74) is 0.853. The number of nitrogens with one attached hydrogen (secondary N) is 1. The fraction of sp³-hybridized carbons (Fsp3) is 0.350. The molecule has 0 saturated heterocycles. The number of hydrogen-bond donors (Lipinski definition) is 1. The second kappa shape index (κ2) is 8.27. The van der Waals surface area contributed by atoms with Gasteiger partial charge >= 0.3 is 0 Å². The minimum atomic E-state index is -0.357. The Morgan fingerprint density at radius 1 is 1.20 bits per heavy atom. The van der Waals surface area contributed by atoms with Gasteiger partial charge < -0.3 is 0 Å². The maximum absolute atomic E-state index is 13.9. The van der Waals surface area contributed by atoms with Crippen molar-refractivity contribution in [2.75, 3.05) is 0 Å². The predicted molar refractivity (Wildman–Crippen MR) is 114 cm³/mol. The molecule has 1 aromatic carbocycles. The van der Waals surface area contributed by atoms with E-state index in [-0.39, 0.29) is 11.4 Å². The van der Waals surface area contributed by atoms with Crippen LogP contribution in [-0.4, -0.2) is 29.8 Å². The van der Waals surface area contributed by atoms with E-state index in [0.29, 0.717) is 38.9 Å². The molecule has 5 rings (SSSR count). The van der Waals surface area contributed by atoms with Gasteiger partial charge in [-0.05, 0) is 25.0 Å². The Bertz CT molecular complexity index is 1240. The molecular weight excluding hydrogens is 423 g/mol. The highest BCUT2D eigenvalue weighted by molar-refractivity contribution is 7.98. The van der Waals surface area contributed by atoms with Crippen LogP contribution in [0.2, 0.25) is 0 Å². The zero-order valence-corrected chi connectivity index (χ0v) is 17.7. The minimum absolute atomic E-state index is 0.170. The van der Waals surface area contributed by atoms with E-state index < -0.39 is 0 Å². The molecule has 1 fully saturated rings. The highest BCUT2D eigenvalue weighted by Gasteiger charge is 2.21. The molecule has 1 saturated carbocycles. The Kier molecular flexibility index (Phi) is 5.34. The van der Waals surface area contributed by atoms with E-state index in [1.807, 2.05) is 0 Å². The van der Waals surface area contributed by atoms with Crippen molar-refractivity contribution in [2.24, 2.45) is 0 Å². The van der Waals surface area contributed by atoms with Crippen molar-refractivity contribution >= 4 is 28.1 Å². The fourth-order valence-corrected chi connectivity index (χ4v) is 5.47. The van der Waals surface area contributed by atoms with Crippen LogP contribution in [0.25, 0.3) is 16.3 Å².